The average Bonchev–Trinajstić information content (AvgIpc) is 2.98. The number of aryl methyl sites for hydroxylation is 2. The van der Waals surface area contributed by atoms with Crippen LogP contribution in [-0.2, 0) is 6.54 Å². The van der Waals surface area contributed by atoms with E-state index in [2.05, 4.69) is 68.4 Å². The van der Waals surface area contributed by atoms with Crippen molar-refractivity contribution in [3.05, 3.63) is 101 Å². The number of rotatable bonds is 4. The summed E-state index contributed by atoms with van der Waals surface area (Å²) in [5, 5.41) is 5.60. The van der Waals surface area contributed by atoms with Crippen molar-refractivity contribution in [2.75, 3.05) is 0 Å². The largest absolute Gasteiger partial charge is 0.258 e. The molecule has 1 aromatic heterocycles. The molecule has 0 atom stereocenters. The highest BCUT2D eigenvalue weighted by molar-refractivity contribution is 6.35. The second-order valence-corrected chi connectivity index (χ2v) is 7.27. The van der Waals surface area contributed by atoms with Gasteiger partial charge in [-0.25, -0.2) is 0 Å². The molecular formula is C24H21ClN2. The van der Waals surface area contributed by atoms with E-state index in [0.29, 0.717) is 11.6 Å². The maximum absolute atomic E-state index is 6.89. The lowest BCUT2D eigenvalue weighted by Gasteiger charge is -2.09. The molecule has 0 aliphatic carbocycles. The Bertz CT molecular complexity index is 1080. The van der Waals surface area contributed by atoms with E-state index in [1.807, 2.05) is 28.9 Å². The molecule has 2 nitrogen and oxygen atoms in total. The predicted octanol–water partition coefficient (Wildman–Crippen LogP) is 6.54. The predicted molar refractivity (Wildman–Crippen MR) is 113 cm³/mol. The second kappa shape index (κ2) is 7.42. The van der Waals surface area contributed by atoms with Gasteiger partial charge in [0.25, 0.3) is 0 Å². The molecule has 0 radical (unpaired) electrons. The van der Waals surface area contributed by atoms with Gasteiger partial charge in [0, 0.05) is 11.1 Å². The van der Waals surface area contributed by atoms with E-state index < -0.39 is 0 Å². The lowest BCUT2D eigenvalue weighted by molar-refractivity contribution is 0.697. The van der Waals surface area contributed by atoms with Crippen LogP contribution in [0.4, 0.5) is 0 Å². The van der Waals surface area contributed by atoms with Crippen molar-refractivity contribution < 1.29 is 0 Å². The highest BCUT2D eigenvalue weighted by Crippen LogP contribution is 2.37. The van der Waals surface area contributed by atoms with Gasteiger partial charge < -0.3 is 0 Å². The van der Waals surface area contributed by atoms with Crippen LogP contribution in [0.5, 0.6) is 0 Å². The van der Waals surface area contributed by atoms with Crippen LogP contribution in [-0.4, -0.2) is 9.78 Å². The van der Waals surface area contributed by atoms with Crippen LogP contribution in [0, 0.1) is 13.8 Å². The maximum Gasteiger partial charge on any atom is 0.112 e. The van der Waals surface area contributed by atoms with Gasteiger partial charge in [-0.2, -0.15) is 5.10 Å². The zero-order valence-corrected chi connectivity index (χ0v) is 16.2. The Hall–Kier alpha value is -2.84. The number of halogens is 1. The van der Waals surface area contributed by atoms with Crippen LogP contribution < -0.4 is 0 Å². The molecule has 0 unspecified atom stereocenters. The van der Waals surface area contributed by atoms with Crippen molar-refractivity contribution >= 4 is 11.6 Å². The molecule has 0 spiro atoms. The molecule has 0 fully saturated rings. The quantitative estimate of drug-likeness (QED) is 0.398. The lowest BCUT2D eigenvalue weighted by Crippen LogP contribution is -2.04. The lowest BCUT2D eigenvalue weighted by atomic mass is 10.1. The van der Waals surface area contributed by atoms with Crippen LogP contribution in [0.3, 0.4) is 0 Å². The summed E-state index contributed by atoms with van der Waals surface area (Å²) in [6.07, 6.45) is 0. The third-order valence-electron chi connectivity index (χ3n) is 4.65. The summed E-state index contributed by atoms with van der Waals surface area (Å²) in [5.74, 6) is 0. The SMILES string of the molecule is Cc1cccc(-c2nn(Cc3ccccc3)c(-c3cccc(C)c3)c2Cl)c1. The molecule has 0 saturated carbocycles. The van der Waals surface area contributed by atoms with Crippen molar-refractivity contribution in [3.8, 4) is 22.5 Å². The van der Waals surface area contributed by atoms with E-state index in [-0.39, 0.29) is 0 Å². The minimum atomic E-state index is 0.676. The summed E-state index contributed by atoms with van der Waals surface area (Å²) < 4.78 is 2.02. The summed E-state index contributed by atoms with van der Waals surface area (Å²) >= 11 is 6.89. The van der Waals surface area contributed by atoms with Crippen molar-refractivity contribution in [1.29, 1.82) is 0 Å². The molecule has 3 aromatic carbocycles. The maximum atomic E-state index is 6.89. The Morgan fingerprint density at radius 2 is 1.41 bits per heavy atom. The first kappa shape index (κ1) is 17.6. The number of aromatic nitrogens is 2. The Morgan fingerprint density at radius 3 is 2.07 bits per heavy atom. The number of benzene rings is 3. The van der Waals surface area contributed by atoms with Crippen molar-refractivity contribution in [3.63, 3.8) is 0 Å². The summed E-state index contributed by atoms with van der Waals surface area (Å²) in [6, 6.07) is 27.1. The molecule has 4 aromatic rings. The van der Waals surface area contributed by atoms with Crippen molar-refractivity contribution in [2.45, 2.75) is 20.4 Å². The monoisotopic (exact) mass is 372 g/mol. The summed E-state index contributed by atoms with van der Waals surface area (Å²) in [5.41, 5.74) is 7.50. The van der Waals surface area contributed by atoms with E-state index in [0.717, 1.165) is 22.5 Å². The second-order valence-electron chi connectivity index (χ2n) is 6.89. The molecule has 0 N–H and O–H groups in total. The van der Waals surface area contributed by atoms with Crippen LogP contribution in [0.15, 0.2) is 78.9 Å². The van der Waals surface area contributed by atoms with E-state index in [9.17, 15) is 0 Å². The highest BCUT2D eigenvalue weighted by Gasteiger charge is 2.19. The fourth-order valence-electron chi connectivity index (χ4n) is 3.36. The van der Waals surface area contributed by atoms with Gasteiger partial charge in [0.05, 0.1) is 17.3 Å². The molecule has 0 aliphatic rings. The van der Waals surface area contributed by atoms with Crippen molar-refractivity contribution in [2.24, 2.45) is 0 Å². The minimum Gasteiger partial charge on any atom is -0.258 e. The van der Waals surface area contributed by atoms with E-state index in [1.165, 1.54) is 16.7 Å². The Labute approximate surface area is 165 Å². The summed E-state index contributed by atoms with van der Waals surface area (Å²) in [6.45, 7) is 4.85. The standard InChI is InChI=1S/C24H21ClN2/c1-17-8-6-12-20(14-17)23-22(25)24(21-13-7-9-18(2)15-21)27(26-23)16-19-10-4-3-5-11-19/h3-15H,16H2,1-2H3. The van der Waals surface area contributed by atoms with Crippen LogP contribution in [0.2, 0.25) is 5.02 Å². The molecule has 27 heavy (non-hydrogen) atoms. The molecule has 3 heteroatoms. The third kappa shape index (κ3) is 3.67. The van der Waals surface area contributed by atoms with Crippen LogP contribution in [0.25, 0.3) is 22.5 Å². The Kier molecular flexibility index (Phi) is 4.83. The summed E-state index contributed by atoms with van der Waals surface area (Å²) in [4.78, 5) is 0. The molecule has 1 heterocycles. The fraction of sp³-hybridized carbons (Fsp3) is 0.125. The Balaban J connectivity index is 1.89. The average molecular weight is 373 g/mol. The Morgan fingerprint density at radius 1 is 0.778 bits per heavy atom. The van der Waals surface area contributed by atoms with Gasteiger partial charge in [-0.05, 0) is 31.5 Å². The first-order valence-electron chi connectivity index (χ1n) is 9.06. The molecule has 0 aliphatic heterocycles. The summed E-state index contributed by atoms with van der Waals surface area (Å²) in [7, 11) is 0. The van der Waals surface area contributed by atoms with Crippen molar-refractivity contribution in [1.82, 2.24) is 9.78 Å². The van der Waals surface area contributed by atoms with Crippen LogP contribution >= 0.6 is 11.6 Å². The minimum absolute atomic E-state index is 0.676. The van der Waals surface area contributed by atoms with Gasteiger partial charge in [-0.15, -0.1) is 0 Å². The number of hydrogen-bond donors (Lipinski definition) is 0. The van der Waals surface area contributed by atoms with Gasteiger partial charge in [0.2, 0.25) is 0 Å². The number of nitrogens with zero attached hydrogens (tertiary/aromatic N) is 2. The van der Waals surface area contributed by atoms with Gasteiger partial charge in [0.1, 0.15) is 5.69 Å². The fourth-order valence-corrected chi connectivity index (χ4v) is 3.71. The first-order chi connectivity index (χ1) is 13.1. The van der Waals surface area contributed by atoms with Gasteiger partial charge in [-0.1, -0.05) is 89.5 Å². The van der Waals surface area contributed by atoms with E-state index in [1.54, 1.807) is 0 Å². The molecule has 134 valence electrons. The smallest absolute Gasteiger partial charge is 0.112 e. The molecule has 0 amide bonds. The van der Waals surface area contributed by atoms with Gasteiger partial charge in [0.15, 0.2) is 0 Å². The zero-order chi connectivity index (χ0) is 18.8. The highest BCUT2D eigenvalue weighted by atomic mass is 35.5. The molecular weight excluding hydrogens is 352 g/mol. The first-order valence-corrected chi connectivity index (χ1v) is 9.44. The molecule has 0 bridgehead atoms. The molecule has 4 rings (SSSR count). The third-order valence-corrected chi connectivity index (χ3v) is 5.01. The van der Waals surface area contributed by atoms with E-state index >= 15 is 0 Å². The van der Waals surface area contributed by atoms with E-state index in [4.69, 9.17) is 16.7 Å². The topological polar surface area (TPSA) is 17.8 Å². The van der Waals surface area contributed by atoms with Crippen LogP contribution in [0.1, 0.15) is 16.7 Å². The normalized spacial score (nSPS) is 10.9. The van der Waals surface area contributed by atoms with Gasteiger partial charge in [-0.3, -0.25) is 4.68 Å². The molecule has 0 saturated heterocycles. The zero-order valence-electron chi connectivity index (χ0n) is 15.5. The number of hydrogen-bond acceptors (Lipinski definition) is 1. The van der Waals surface area contributed by atoms with Gasteiger partial charge >= 0.3 is 0 Å².